The molecule has 1 amide bonds. The van der Waals surface area contributed by atoms with Gasteiger partial charge in [-0.15, -0.1) is 0 Å². The number of hydrogen-bond acceptors (Lipinski definition) is 6. The van der Waals surface area contributed by atoms with Crippen LogP contribution in [0.1, 0.15) is 44.2 Å². The summed E-state index contributed by atoms with van der Waals surface area (Å²) < 4.78 is 13.2. The number of nitrogens with zero attached hydrogens (tertiary/aromatic N) is 3. The van der Waals surface area contributed by atoms with Crippen molar-refractivity contribution in [2.45, 2.75) is 50.9 Å². The summed E-state index contributed by atoms with van der Waals surface area (Å²) in [6.45, 7) is 2.75. The molecule has 0 aliphatic carbocycles. The van der Waals surface area contributed by atoms with Crippen LogP contribution in [0.2, 0.25) is 0 Å². The smallest absolute Gasteiger partial charge is 0.220 e. The number of carbonyl (C=O) groups excluding carboxylic acids is 1. The molecule has 0 aromatic heterocycles. The fraction of sp³-hybridized carbons (Fsp3) is 0.474. The van der Waals surface area contributed by atoms with E-state index in [1.807, 2.05) is 31.5 Å². The Bertz CT molecular complexity index is 749. The topological polar surface area (TPSA) is 72.0 Å². The van der Waals surface area contributed by atoms with E-state index in [-0.39, 0.29) is 30.0 Å². The van der Waals surface area contributed by atoms with Crippen LogP contribution < -0.4 is 16.2 Å². The van der Waals surface area contributed by atoms with Crippen molar-refractivity contribution in [1.29, 1.82) is 0 Å². The number of hydrogen-bond donors (Lipinski definition) is 3. The van der Waals surface area contributed by atoms with Crippen molar-refractivity contribution in [2.24, 2.45) is 5.10 Å². The van der Waals surface area contributed by atoms with Crippen LogP contribution in [0.15, 0.2) is 41.8 Å². The van der Waals surface area contributed by atoms with Crippen LogP contribution in [0.25, 0.3) is 0 Å². The molecule has 3 unspecified atom stereocenters. The van der Waals surface area contributed by atoms with E-state index >= 15 is 0 Å². The summed E-state index contributed by atoms with van der Waals surface area (Å²) in [4.78, 5) is 14.0. The van der Waals surface area contributed by atoms with Crippen molar-refractivity contribution in [3.63, 3.8) is 0 Å². The quantitative estimate of drug-likeness (QED) is 0.710. The van der Waals surface area contributed by atoms with Gasteiger partial charge in [0.05, 0.1) is 12.1 Å². The first kappa shape index (κ1) is 17.8. The molecule has 1 aromatic rings. The molecule has 8 heteroatoms. The van der Waals surface area contributed by atoms with Crippen LogP contribution in [-0.2, 0) is 4.79 Å². The van der Waals surface area contributed by atoms with E-state index in [1.165, 1.54) is 12.1 Å². The van der Waals surface area contributed by atoms with Crippen LogP contribution in [0.4, 0.5) is 4.39 Å². The van der Waals surface area contributed by atoms with E-state index in [2.05, 4.69) is 31.2 Å². The Morgan fingerprint density at radius 3 is 2.93 bits per heavy atom. The molecule has 3 aliphatic heterocycles. The lowest BCUT2D eigenvalue weighted by Crippen LogP contribution is -2.54. The molecule has 27 heavy (non-hydrogen) atoms. The number of rotatable bonds is 6. The maximum Gasteiger partial charge on any atom is 0.220 e. The first-order valence-electron chi connectivity index (χ1n) is 9.51. The van der Waals surface area contributed by atoms with Crippen LogP contribution in [-0.4, -0.2) is 40.4 Å². The predicted molar refractivity (Wildman–Crippen MR) is 100 cm³/mol. The summed E-state index contributed by atoms with van der Waals surface area (Å²) in [6, 6.07) is 6.97. The minimum Gasteiger partial charge on any atom is -0.356 e. The summed E-state index contributed by atoms with van der Waals surface area (Å²) in [5, 5.41) is 9.45. The highest BCUT2D eigenvalue weighted by Crippen LogP contribution is 2.34. The van der Waals surface area contributed by atoms with Crippen LogP contribution in [0.5, 0.6) is 0 Å². The Hall–Kier alpha value is -2.61. The lowest BCUT2D eigenvalue weighted by Gasteiger charge is -2.37. The molecule has 0 spiro atoms. The third kappa shape index (κ3) is 3.62. The van der Waals surface area contributed by atoms with E-state index < -0.39 is 0 Å². The van der Waals surface area contributed by atoms with E-state index in [1.54, 1.807) is 0 Å². The van der Waals surface area contributed by atoms with Gasteiger partial charge in [-0.1, -0.05) is 19.1 Å². The summed E-state index contributed by atoms with van der Waals surface area (Å²) >= 11 is 0. The zero-order valence-corrected chi connectivity index (χ0v) is 15.4. The molecule has 3 aliphatic rings. The van der Waals surface area contributed by atoms with Gasteiger partial charge < -0.3 is 15.2 Å². The van der Waals surface area contributed by atoms with Gasteiger partial charge in [-0.25, -0.2) is 9.82 Å². The van der Waals surface area contributed by atoms with Gasteiger partial charge in [0.15, 0.2) is 0 Å². The average Bonchev–Trinajstić information content (AvgIpc) is 3.28. The normalized spacial score (nSPS) is 25.7. The Balaban J connectivity index is 1.37. The number of benzene rings is 1. The van der Waals surface area contributed by atoms with Crippen LogP contribution in [0, 0.1) is 5.82 Å². The summed E-state index contributed by atoms with van der Waals surface area (Å²) in [5.74, 6) is 0.719. The minimum atomic E-state index is -0.223. The summed E-state index contributed by atoms with van der Waals surface area (Å²) in [7, 11) is 0. The third-order valence-electron chi connectivity index (χ3n) is 5.24. The molecule has 1 fully saturated rings. The van der Waals surface area contributed by atoms with Gasteiger partial charge >= 0.3 is 0 Å². The number of amides is 1. The molecule has 1 aromatic carbocycles. The molecule has 3 N–H and O–H groups in total. The highest BCUT2D eigenvalue weighted by molar-refractivity contribution is 5.89. The second kappa shape index (κ2) is 7.56. The van der Waals surface area contributed by atoms with Gasteiger partial charge in [0, 0.05) is 31.8 Å². The van der Waals surface area contributed by atoms with Crippen molar-refractivity contribution in [3.05, 3.63) is 48.0 Å². The van der Waals surface area contributed by atoms with Crippen molar-refractivity contribution < 1.29 is 9.18 Å². The molecule has 0 bridgehead atoms. The SMILES string of the molecule is CCCNC(=O)CCC1=NNC2C3CC(c4ccc(F)cc4)NN3C=CN12. The van der Waals surface area contributed by atoms with Crippen LogP contribution >= 0.6 is 0 Å². The van der Waals surface area contributed by atoms with E-state index in [4.69, 9.17) is 0 Å². The van der Waals surface area contributed by atoms with Crippen molar-refractivity contribution in [1.82, 2.24) is 26.1 Å². The lowest BCUT2D eigenvalue weighted by atomic mass is 9.99. The molecular formula is C19H25FN6O. The van der Waals surface area contributed by atoms with Gasteiger partial charge in [-0.05, 0) is 30.5 Å². The van der Waals surface area contributed by atoms with Gasteiger partial charge in [-0.2, -0.15) is 5.10 Å². The van der Waals surface area contributed by atoms with E-state index in [0.29, 0.717) is 19.4 Å². The first-order valence-corrected chi connectivity index (χ1v) is 9.51. The van der Waals surface area contributed by atoms with E-state index in [9.17, 15) is 9.18 Å². The fourth-order valence-electron chi connectivity index (χ4n) is 3.80. The second-order valence-electron chi connectivity index (χ2n) is 7.10. The fourth-order valence-corrected chi connectivity index (χ4v) is 3.80. The predicted octanol–water partition coefficient (Wildman–Crippen LogP) is 1.78. The Morgan fingerprint density at radius 2 is 2.15 bits per heavy atom. The Morgan fingerprint density at radius 1 is 1.33 bits per heavy atom. The van der Waals surface area contributed by atoms with Gasteiger partial charge in [0.25, 0.3) is 0 Å². The van der Waals surface area contributed by atoms with Gasteiger partial charge in [0.2, 0.25) is 5.91 Å². The zero-order valence-electron chi connectivity index (χ0n) is 15.4. The number of halogens is 1. The van der Waals surface area contributed by atoms with E-state index in [0.717, 1.165) is 24.2 Å². The molecule has 7 nitrogen and oxygen atoms in total. The Labute approximate surface area is 158 Å². The standard InChI is InChI=1S/C19H25FN6O/c1-2-9-21-18(27)8-7-17-22-23-19-16-12-15(13-3-5-14(20)6-4-13)24-26(16)11-10-25(17)19/h3-6,10-11,15-16,19,23-24H,2,7-9,12H2,1H3,(H,21,27). The zero-order chi connectivity index (χ0) is 18.8. The molecular weight excluding hydrogens is 347 g/mol. The lowest BCUT2D eigenvalue weighted by molar-refractivity contribution is -0.120. The van der Waals surface area contributed by atoms with Crippen LogP contribution in [0.3, 0.4) is 0 Å². The maximum absolute atomic E-state index is 13.2. The number of fused-ring (bicyclic) bond motifs is 3. The number of hydrazine groups is 1. The summed E-state index contributed by atoms with van der Waals surface area (Å²) in [6.07, 6.45) is 6.87. The monoisotopic (exact) mass is 372 g/mol. The van der Waals surface area contributed by atoms with Gasteiger partial charge in [0.1, 0.15) is 17.8 Å². The maximum atomic E-state index is 13.2. The molecule has 0 radical (unpaired) electrons. The van der Waals surface area contributed by atoms with Crippen molar-refractivity contribution >= 4 is 11.7 Å². The minimum absolute atomic E-state index is 0.0293. The second-order valence-corrected chi connectivity index (χ2v) is 7.10. The molecule has 144 valence electrons. The first-order chi connectivity index (χ1) is 13.2. The molecule has 3 atom stereocenters. The molecule has 0 saturated carbocycles. The number of amidine groups is 1. The average molecular weight is 372 g/mol. The largest absolute Gasteiger partial charge is 0.356 e. The molecule has 1 saturated heterocycles. The highest BCUT2D eigenvalue weighted by Gasteiger charge is 2.44. The summed E-state index contributed by atoms with van der Waals surface area (Å²) in [5.41, 5.74) is 7.76. The number of carbonyl (C=O) groups is 1. The highest BCUT2D eigenvalue weighted by atomic mass is 19.1. The molecule has 3 heterocycles. The number of nitrogens with one attached hydrogen (secondary N) is 3. The number of hydrazone groups is 1. The van der Waals surface area contributed by atoms with Crippen molar-refractivity contribution in [3.8, 4) is 0 Å². The van der Waals surface area contributed by atoms with Gasteiger partial charge in [-0.3, -0.25) is 10.2 Å². The molecule has 4 rings (SSSR count). The Kier molecular flexibility index (Phi) is 4.98. The van der Waals surface area contributed by atoms with Crippen molar-refractivity contribution in [2.75, 3.05) is 6.54 Å². The third-order valence-corrected chi connectivity index (χ3v) is 5.24.